The number of rotatable bonds is 5. The molecule has 3 nitrogen and oxygen atoms in total. The molecule has 1 fully saturated rings. The molecule has 1 atom stereocenters. The van der Waals surface area contributed by atoms with Crippen LogP contribution in [0, 0.1) is 10.8 Å². The Morgan fingerprint density at radius 1 is 1.28 bits per heavy atom. The number of ether oxygens (including phenoxy) is 1. The Morgan fingerprint density at radius 2 is 1.89 bits per heavy atom. The van der Waals surface area contributed by atoms with Gasteiger partial charge < -0.3 is 9.64 Å². The van der Waals surface area contributed by atoms with Gasteiger partial charge in [-0.3, -0.25) is 4.79 Å². The summed E-state index contributed by atoms with van der Waals surface area (Å²) >= 11 is 0. The molecule has 0 N–H and O–H groups in total. The van der Waals surface area contributed by atoms with Gasteiger partial charge in [-0.05, 0) is 30.6 Å². The van der Waals surface area contributed by atoms with Crippen LogP contribution in [0.4, 0.5) is 0 Å². The van der Waals surface area contributed by atoms with Crippen LogP contribution in [-0.2, 0) is 9.53 Å². The van der Waals surface area contributed by atoms with E-state index in [0.717, 1.165) is 19.4 Å². The van der Waals surface area contributed by atoms with Crippen LogP contribution < -0.4 is 0 Å². The van der Waals surface area contributed by atoms with Crippen LogP contribution >= 0.6 is 0 Å². The third-order valence-electron chi connectivity index (χ3n) is 3.27. The Kier molecular flexibility index (Phi) is 4.82. The quantitative estimate of drug-likeness (QED) is 0.753. The first-order valence-electron chi connectivity index (χ1n) is 7.02. The van der Waals surface area contributed by atoms with Gasteiger partial charge in [0.1, 0.15) is 6.23 Å². The number of amides is 1. The molecule has 1 aliphatic rings. The maximum absolute atomic E-state index is 11.6. The standard InChI is InChI=1S/C15H29NO2/c1-12(16-9-7-8-13(16)17)18-11-15(5,6)10-14(2,3)4/h12H,7-11H2,1-6H3. The Hall–Kier alpha value is -0.570. The Morgan fingerprint density at radius 3 is 2.33 bits per heavy atom. The van der Waals surface area contributed by atoms with E-state index in [1.807, 2.05) is 11.8 Å². The zero-order chi connectivity index (χ0) is 14.0. The molecule has 18 heavy (non-hydrogen) atoms. The van der Waals surface area contributed by atoms with E-state index in [2.05, 4.69) is 34.6 Å². The van der Waals surface area contributed by atoms with Crippen LogP contribution in [0.1, 0.15) is 60.8 Å². The average molecular weight is 255 g/mol. The second-order valence-corrected chi connectivity index (χ2v) is 7.50. The third kappa shape index (κ3) is 4.97. The predicted octanol–water partition coefficient (Wildman–Crippen LogP) is 3.43. The number of nitrogens with zero attached hydrogens (tertiary/aromatic N) is 1. The van der Waals surface area contributed by atoms with Crippen molar-refractivity contribution in [2.75, 3.05) is 13.2 Å². The second kappa shape index (κ2) is 5.60. The fourth-order valence-corrected chi connectivity index (χ4v) is 2.98. The van der Waals surface area contributed by atoms with Crippen molar-refractivity contribution < 1.29 is 9.53 Å². The number of carbonyl (C=O) groups is 1. The molecule has 0 saturated carbocycles. The van der Waals surface area contributed by atoms with E-state index in [0.29, 0.717) is 18.4 Å². The fraction of sp³-hybridized carbons (Fsp3) is 0.933. The highest BCUT2D eigenvalue weighted by Crippen LogP contribution is 2.33. The molecule has 0 radical (unpaired) electrons. The van der Waals surface area contributed by atoms with Crippen molar-refractivity contribution in [3.8, 4) is 0 Å². The Labute approximate surface area is 112 Å². The molecule has 0 aromatic heterocycles. The summed E-state index contributed by atoms with van der Waals surface area (Å²) in [4.78, 5) is 13.5. The summed E-state index contributed by atoms with van der Waals surface area (Å²) in [5.41, 5.74) is 0.453. The number of carbonyl (C=O) groups excluding carboxylic acids is 1. The smallest absolute Gasteiger partial charge is 0.224 e. The number of hydrogen-bond acceptors (Lipinski definition) is 2. The molecule has 0 bridgehead atoms. The van der Waals surface area contributed by atoms with E-state index < -0.39 is 0 Å². The van der Waals surface area contributed by atoms with Crippen LogP contribution in [0.2, 0.25) is 0 Å². The molecule has 1 rings (SSSR count). The summed E-state index contributed by atoms with van der Waals surface area (Å²) in [7, 11) is 0. The van der Waals surface area contributed by atoms with Crippen LogP contribution in [0.25, 0.3) is 0 Å². The van der Waals surface area contributed by atoms with Gasteiger partial charge in [-0.2, -0.15) is 0 Å². The molecule has 3 heteroatoms. The molecule has 1 heterocycles. The zero-order valence-electron chi connectivity index (χ0n) is 12.9. The van der Waals surface area contributed by atoms with Crippen LogP contribution in [0.5, 0.6) is 0 Å². The lowest BCUT2D eigenvalue weighted by molar-refractivity contribution is -0.142. The van der Waals surface area contributed by atoms with Crippen molar-refractivity contribution in [1.29, 1.82) is 0 Å². The zero-order valence-corrected chi connectivity index (χ0v) is 12.9. The summed E-state index contributed by atoms with van der Waals surface area (Å²) in [5.74, 6) is 0.233. The van der Waals surface area contributed by atoms with Crippen molar-refractivity contribution in [1.82, 2.24) is 4.90 Å². The van der Waals surface area contributed by atoms with Crippen molar-refractivity contribution in [3.05, 3.63) is 0 Å². The Balaban J connectivity index is 2.41. The molecule has 0 aromatic carbocycles. The first kappa shape index (κ1) is 15.5. The normalized spacial score (nSPS) is 19.4. The van der Waals surface area contributed by atoms with Gasteiger partial charge in [0.05, 0.1) is 6.61 Å². The highest BCUT2D eigenvalue weighted by atomic mass is 16.5. The molecule has 106 valence electrons. The first-order valence-corrected chi connectivity index (χ1v) is 7.02. The molecular formula is C15H29NO2. The number of likely N-dealkylation sites (tertiary alicyclic amines) is 1. The minimum atomic E-state index is -0.0840. The molecule has 1 amide bonds. The lowest BCUT2D eigenvalue weighted by atomic mass is 9.77. The molecule has 0 spiro atoms. The van der Waals surface area contributed by atoms with Crippen LogP contribution in [-0.4, -0.2) is 30.2 Å². The summed E-state index contributed by atoms with van der Waals surface area (Å²) in [5, 5.41) is 0. The lowest BCUT2D eigenvalue weighted by Gasteiger charge is -2.34. The average Bonchev–Trinajstić information content (AvgIpc) is 2.57. The van der Waals surface area contributed by atoms with E-state index in [9.17, 15) is 4.79 Å². The van der Waals surface area contributed by atoms with Gasteiger partial charge in [-0.15, -0.1) is 0 Å². The van der Waals surface area contributed by atoms with Crippen LogP contribution in [0.15, 0.2) is 0 Å². The molecule has 1 aliphatic heterocycles. The summed E-state index contributed by atoms with van der Waals surface area (Å²) < 4.78 is 5.91. The molecule has 1 saturated heterocycles. The monoisotopic (exact) mass is 255 g/mol. The minimum absolute atomic E-state index is 0.0840. The van der Waals surface area contributed by atoms with Crippen LogP contribution in [0.3, 0.4) is 0 Å². The SMILES string of the molecule is CC(OCC(C)(C)CC(C)(C)C)N1CCCC1=O. The Bertz CT molecular complexity index is 291. The first-order chi connectivity index (χ1) is 8.11. The van der Waals surface area contributed by atoms with E-state index in [4.69, 9.17) is 4.74 Å². The predicted molar refractivity (Wildman–Crippen MR) is 74.2 cm³/mol. The summed E-state index contributed by atoms with van der Waals surface area (Å²) in [6, 6.07) is 0. The largest absolute Gasteiger partial charge is 0.358 e. The van der Waals surface area contributed by atoms with E-state index >= 15 is 0 Å². The number of hydrogen-bond donors (Lipinski definition) is 0. The highest BCUT2D eigenvalue weighted by molar-refractivity contribution is 5.78. The van der Waals surface area contributed by atoms with E-state index in [-0.39, 0.29) is 17.6 Å². The summed E-state index contributed by atoms with van der Waals surface area (Å²) in [6.07, 6.45) is 2.68. The highest BCUT2D eigenvalue weighted by Gasteiger charge is 2.29. The van der Waals surface area contributed by atoms with Crippen molar-refractivity contribution in [2.45, 2.75) is 67.0 Å². The molecule has 1 unspecified atom stereocenters. The van der Waals surface area contributed by atoms with Gasteiger partial charge in [0.15, 0.2) is 0 Å². The fourth-order valence-electron chi connectivity index (χ4n) is 2.98. The maximum Gasteiger partial charge on any atom is 0.224 e. The van der Waals surface area contributed by atoms with Gasteiger partial charge in [0.2, 0.25) is 5.91 Å². The van der Waals surface area contributed by atoms with Gasteiger partial charge >= 0.3 is 0 Å². The van der Waals surface area contributed by atoms with Crippen molar-refractivity contribution in [2.24, 2.45) is 10.8 Å². The van der Waals surface area contributed by atoms with Crippen molar-refractivity contribution >= 4 is 5.91 Å². The maximum atomic E-state index is 11.6. The third-order valence-corrected chi connectivity index (χ3v) is 3.27. The molecular weight excluding hydrogens is 226 g/mol. The summed E-state index contributed by atoms with van der Waals surface area (Å²) in [6.45, 7) is 14.8. The van der Waals surface area contributed by atoms with Gasteiger partial charge in [-0.25, -0.2) is 0 Å². The van der Waals surface area contributed by atoms with E-state index in [1.54, 1.807) is 0 Å². The minimum Gasteiger partial charge on any atom is -0.358 e. The topological polar surface area (TPSA) is 29.5 Å². The molecule has 0 aliphatic carbocycles. The van der Waals surface area contributed by atoms with E-state index in [1.165, 1.54) is 0 Å². The van der Waals surface area contributed by atoms with Gasteiger partial charge in [-0.1, -0.05) is 34.6 Å². The second-order valence-electron chi connectivity index (χ2n) is 7.50. The van der Waals surface area contributed by atoms with Gasteiger partial charge in [0, 0.05) is 13.0 Å². The molecule has 0 aromatic rings. The van der Waals surface area contributed by atoms with Gasteiger partial charge in [0.25, 0.3) is 0 Å². The lowest BCUT2D eigenvalue weighted by Crippen LogP contribution is -2.38. The van der Waals surface area contributed by atoms with Crippen molar-refractivity contribution in [3.63, 3.8) is 0 Å².